The van der Waals surface area contributed by atoms with Gasteiger partial charge in [-0.1, -0.05) is 12.1 Å². The van der Waals surface area contributed by atoms with Gasteiger partial charge in [0.15, 0.2) is 5.65 Å². The van der Waals surface area contributed by atoms with E-state index < -0.39 is 0 Å². The van der Waals surface area contributed by atoms with E-state index in [1.54, 1.807) is 42.2 Å². The number of nitrogens with one attached hydrogen (secondary N) is 1. The average Bonchev–Trinajstić information content (AvgIpc) is 3.01. The van der Waals surface area contributed by atoms with Crippen molar-refractivity contribution in [1.29, 1.82) is 0 Å². The van der Waals surface area contributed by atoms with E-state index in [9.17, 15) is 4.79 Å². The summed E-state index contributed by atoms with van der Waals surface area (Å²) in [5, 5.41) is 10.5. The van der Waals surface area contributed by atoms with E-state index in [1.165, 1.54) is 6.08 Å². The highest BCUT2D eigenvalue weighted by Crippen LogP contribution is 2.14. The Morgan fingerprint density at radius 3 is 3.09 bits per heavy atom. The number of carbonyl (C=O) groups is 1. The lowest BCUT2D eigenvalue weighted by atomic mass is 10.2. The predicted molar refractivity (Wildman–Crippen MR) is 83.6 cm³/mol. The monoisotopic (exact) mass is 294 g/mol. The molecule has 0 spiro atoms. The molecule has 1 aromatic carbocycles. The smallest absolute Gasteiger partial charge is 0.248 e. The summed E-state index contributed by atoms with van der Waals surface area (Å²) in [6, 6.07) is 11.0. The SMILES string of the molecule is COc1cccc(/C=C/C(=O)Nc2ccc3nncn3c2)c1. The van der Waals surface area contributed by atoms with Crippen molar-refractivity contribution in [2.24, 2.45) is 0 Å². The molecule has 3 aromatic rings. The number of aromatic nitrogens is 3. The average molecular weight is 294 g/mol. The number of hydrogen-bond acceptors (Lipinski definition) is 4. The molecule has 0 saturated carbocycles. The molecule has 6 nitrogen and oxygen atoms in total. The highest BCUT2D eigenvalue weighted by Gasteiger charge is 2.01. The van der Waals surface area contributed by atoms with Crippen molar-refractivity contribution in [3.05, 3.63) is 60.6 Å². The highest BCUT2D eigenvalue weighted by molar-refractivity contribution is 6.01. The number of hydrogen-bond donors (Lipinski definition) is 1. The van der Waals surface area contributed by atoms with Gasteiger partial charge in [0.2, 0.25) is 5.91 Å². The number of fused-ring (bicyclic) bond motifs is 1. The molecule has 0 atom stereocenters. The number of carbonyl (C=O) groups excluding carboxylic acids is 1. The van der Waals surface area contributed by atoms with Gasteiger partial charge >= 0.3 is 0 Å². The number of anilines is 1. The van der Waals surface area contributed by atoms with Gasteiger partial charge in [-0.3, -0.25) is 9.20 Å². The Bertz CT molecular complexity index is 839. The molecular formula is C16H14N4O2. The van der Waals surface area contributed by atoms with Crippen LogP contribution in [0.1, 0.15) is 5.56 Å². The van der Waals surface area contributed by atoms with Crippen molar-refractivity contribution >= 4 is 23.3 Å². The van der Waals surface area contributed by atoms with Gasteiger partial charge < -0.3 is 10.1 Å². The van der Waals surface area contributed by atoms with E-state index in [1.807, 2.05) is 24.3 Å². The van der Waals surface area contributed by atoms with Gasteiger partial charge in [0.05, 0.1) is 12.8 Å². The zero-order valence-electron chi connectivity index (χ0n) is 11.9. The number of rotatable bonds is 4. The molecule has 22 heavy (non-hydrogen) atoms. The number of amides is 1. The van der Waals surface area contributed by atoms with Crippen LogP contribution in [0.15, 0.2) is 55.0 Å². The lowest BCUT2D eigenvalue weighted by Gasteiger charge is -2.03. The zero-order chi connectivity index (χ0) is 15.4. The molecule has 110 valence electrons. The number of pyridine rings is 1. The molecule has 0 saturated heterocycles. The Morgan fingerprint density at radius 1 is 1.32 bits per heavy atom. The number of nitrogens with zero attached hydrogens (tertiary/aromatic N) is 3. The molecule has 0 aliphatic carbocycles. The normalized spacial score (nSPS) is 11.0. The van der Waals surface area contributed by atoms with Crippen LogP contribution in [0.25, 0.3) is 11.7 Å². The number of benzene rings is 1. The maximum atomic E-state index is 11.9. The Labute approximate surface area is 127 Å². The van der Waals surface area contributed by atoms with Gasteiger partial charge in [0.1, 0.15) is 12.1 Å². The van der Waals surface area contributed by atoms with Crippen molar-refractivity contribution in [3.8, 4) is 5.75 Å². The first-order valence-electron chi connectivity index (χ1n) is 6.67. The molecule has 2 aromatic heterocycles. The first-order valence-corrected chi connectivity index (χ1v) is 6.67. The minimum absolute atomic E-state index is 0.213. The van der Waals surface area contributed by atoms with E-state index in [-0.39, 0.29) is 5.91 Å². The van der Waals surface area contributed by atoms with E-state index in [2.05, 4.69) is 15.5 Å². The Morgan fingerprint density at radius 2 is 2.23 bits per heavy atom. The fourth-order valence-electron chi connectivity index (χ4n) is 2.00. The lowest BCUT2D eigenvalue weighted by Crippen LogP contribution is -2.08. The Hall–Kier alpha value is -3.15. The second-order valence-electron chi connectivity index (χ2n) is 4.61. The van der Waals surface area contributed by atoms with Crippen LogP contribution in [-0.2, 0) is 4.79 Å². The van der Waals surface area contributed by atoms with Crippen molar-refractivity contribution in [1.82, 2.24) is 14.6 Å². The molecule has 2 heterocycles. The maximum absolute atomic E-state index is 11.9. The third-order valence-corrected chi connectivity index (χ3v) is 3.08. The zero-order valence-corrected chi connectivity index (χ0v) is 11.9. The van der Waals surface area contributed by atoms with Crippen molar-refractivity contribution < 1.29 is 9.53 Å². The fraction of sp³-hybridized carbons (Fsp3) is 0.0625. The second-order valence-corrected chi connectivity index (χ2v) is 4.61. The molecule has 6 heteroatoms. The molecule has 1 amide bonds. The maximum Gasteiger partial charge on any atom is 0.248 e. The molecule has 0 bridgehead atoms. The topological polar surface area (TPSA) is 68.5 Å². The van der Waals surface area contributed by atoms with E-state index in [0.29, 0.717) is 5.69 Å². The molecule has 0 aliphatic rings. The molecule has 1 N–H and O–H groups in total. The Balaban J connectivity index is 1.69. The van der Waals surface area contributed by atoms with Gasteiger partial charge in [-0.05, 0) is 35.9 Å². The standard InChI is InChI=1S/C16H14N4O2/c1-22-14-4-2-3-12(9-14)5-8-16(21)18-13-6-7-15-19-17-11-20(15)10-13/h2-11H,1H3,(H,18,21)/b8-5+. The fourth-order valence-corrected chi connectivity index (χ4v) is 2.00. The summed E-state index contributed by atoms with van der Waals surface area (Å²) in [5.41, 5.74) is 2.29. The van der Waals surface area contributed by atoms with Crippen LogP contribution in [0.2, 0.25) is 0 Å². The largest absolute Gasteiger partial charge is 0.497 e. The summed E-state index contributed by atoms with van der Waals surface area (Å²) in [4.78, 5) is 11.9. The van der Waals surface area contributed by atoms with Crippen LogP contribution in [-0.4, -0.2) is 27.6 Å². The number of methoxy groups -OCH3 is 1. The number of ether oxygens (including phenoxy) is 1. The Kier molecular flexibility index (Phi) is 3.82. The van der Waals surface area contributed by atoms with Gasteiger partial charge in [-0.25, -0.2) is 0 Å². The highest BCUT2D eigenvalue weighted by atomic mass is 16.5. The van der Waals surface area contributed by atoms with Crippen LogP contribution in [0.5, 0.6) is 5.75 Å². The molecule has 0 fully saturated rings. The van der Waals surface area contributed by atoms with Crippen molar-refractivity contribution in [2.45, 2.75) is 0 Å². The third-order valence-electron chi connectivity index (χ3n) is 3.08. The summed E-state index contributed by atoms with van der Waals surface area (Å²) < 4.78 is 6.88. The van der Waals surface area contributed by atoms with Gasteiger partial charge in [0, 0.05) is 12.3 Å². The molecule has 0 aliphatic heterocycles. The van der Waals surface area contributed by atoms with Crippen LogP contribution < -0.4 is 10.1 Å². The van der Waals surface area contributed by atoms with Gasteiger partial charge in [-0.15, -0.1) is 10.2 Å². The van der Waals surface area contributed by atoms with E-state index >= 15 is 0 Å². The molecular weight excluding hydrogens is 280 g/mol. The summed E-state index contributed by atoms with van der Waals surface area (Å²) in [6.45, 7) is 0. The van der Waals surface area contributed by atoms with Crippen LogP contribution in [0.3, 0.4) is 0 Å². The third kappa shape index (κ3) is 3.12. The summed E-state index contributed by atoms with van der Waals surface area (Å²) in [5.74, 6) is 0.538. The lowest BCUT2D eigenvalue weighted by molar-refractivity contribution is -0.111. The predicted octanol–water partition coefficient (Wildman–Crippen LogP) is 2.39. The van der Waals surface area contributed by atoms with E-state index in [0.717, 1.165) is 17.0 Å². The quantitative estimate of drug-likeness (QED) is 0.750. The van der Waals surface area contributed by atoms with Crippen LogP contribution in [0, 0.1) is 0 Å². The summed E-state index contributed by atoms with van der Waals surface area (Å²) >= 11 is 0. The molecule has 3 rings (SSSR count). The summed E-state index contributed by atoms with van der Waals surface area (Å²) in [7, 11) is 1.61. The van der Waals surface area contributed by atoms with Gasteiger partial charge in [0.25, 0.3) is 0 Å². The first kappa shape index (κ1) is 13.8. The first-order chi connectivity index (χ1) is 10.7. The van der Waals surface area contributed by atoms with Crippen LogP contribution in [0.4, 0.5) is 5.69 Å². The summed E-state index contributed by atoms with van der Waals surface area (Å²) in [6.07, 6.45) is 6.55. The molecule has 0 radical (unpaired) electrons. The minimum atomic E-state index is -0.213. The molecule has 0 unspecified atom stereocenters. The van der Waals surface area contributed by atoms with Crippen LogP contribution >= 0.6 is 0 Å². The van der Waals surface area contributed by atoms with Gasteiger partial charge in [-0.2, -0.15) is 0 Å². The van der Waals surface area contributed by atoms with E-state index in [4.69, 9.17) is 4.74 Å². The second kappa shape index (κ2) is 6.09. The van der Waals surface area contributed by atoms with Crippen molar-refractivity contribution in [2.75, 3.05) is 12.4 Å². The minimum Gasteiger partial charge on any atom is -0.497 e. The van der Waals surface area contributed by atoms with Crippen molar-refractivity contribution in [3.63, 3.8) is 0 Å².